The molecule has 0 aromatic carbocycles. The molecule has 2 aromatic rings. The molecule has 0 aliphatic carbocycles. The van der Waals surface area contributed by atoms with Gasteiger partial charge in [0, 0.05) is 31.7 Å². The molecule has 1 atom stereocenters. The molecule has 2 heterocycles. The van der Waals surface area contributed by atoms with Gasteiger partial charge in [-0.2, -0.15) is 0 Å². The number of rotatable bonds is 6. The molecule has 0 aliphatic heterocycles. The minimum absolute atomic E-state index is 0.415. The van der Waals surface area contributed by atoms with Gasteiger partial charge in [-0.3, -0.25) is 0 Å². The molecule has 0 spiro atoms. The summed E-state index contributed by atoms with van der Waals surface area (Å²) in [6, 6.07) is 2.60. The molecule has 4 nitrogen and oxygen atoms in total. The molecule has 0 amide bonds. The fraction of sp³-hybridized carbons (Fsp3) is 0.500. The van der Waals surface area contributed by atoms with E-state index in [0.29, 0.717) is 6.04 Å². The lowest BCUT2D eigenvalue weighted by Crippen LogP contribution is -2.18. The first-order chi connectivity index (χ1) is 8.70. The SMILES string of the molecule is CCCNC(C)c1ccn(Cc2cncn2C)c1. The molecule has 0 saturated carbocycles. The number of hydrogen-bond donors (Lipinski definition) is 1. The minimum atomic E-state index is 0.415. The van der Waals surface area contributed by atoms with Gasteiger partial charge in [0.15, 0.2) is 0 Å². The number of nitrogens with one attached hydrogen (secondary N) is 1. The Morgan fingerprint density at radius 2 is 2.28 bits per heavy atom. The van der Waals surface area contributed by atoms with Crippen molar-refractivity contribution in [3.8, 4) is 0 Å². The van der Waals surface area contributed by atoms with Crippen LogP contribution >= 0.6 is 0 Å². The smallest absolute Gasteiger partial charge is 0.0946 e. The molecule has 4 heteroatoms. The van der Waals surface area contributed by atoms with E-state index in [2.05, 4.69) is 51.7 Å². The molecule has 0 aliphatic rings. The molecular weight excluding hydrogens is 224 g/mol. The molecule has 1 N–H and O–H groups in total. The largest absolute Gasteiger partial charge is 0.348 e. The Kier molecular flexibility index (Phi) is 4.20. The predicted octanol–water partition coefficient (Wildman–Crippen LogP) is 2.33. The second kappa shape index (κ2) is 5.87. The zero-order valence-corrected chi connectivity index (χ0v) is 11.4. The maximum atomic E-state index is 4.14. The van der Waals surface area contributed by atoms with Gasteiger partial charge in [-0.05, 0) is 31.5 Å². The van der Waals surface area contributed by atoms with Gasteiger partial charge < -0.3 is 14.5 Å². The first kappa shape index (κ1) is 12.9. The van der Waals surface area contributed by atoms with Gasteiger partial charge >= 0.3 is 0 Å². The van der Waals surface area contributed by atoms with Crippen molar-refractivity contribution in [2.24, 2.45) is 7.05 Å². The fourth-order valence-corrected chi connectivity index (χ4v) is 2.02. The Bertz CT molecular complexity index is 483. The molecule has 0 radical (unpaired) electrons. The van der Waals surface area contributed by atoms with Crippen LogP contribution in [0.15, 0.2) is 31.0 Å². The van der Waals surface area contributed by atoms with Gasteiger partial charge in [-0.25, -0.2) is 4.98 Å². The van der Waals surface area contributed by atoms with Crippen molar-refractivity contribution in [2.45, 2.75) is 32.9 Å². The van der Waals surface area contributed by atoms with Crippen molar-refractivity contribution in [3.05, 3.63) is 42.2 Å². The van der Waals surface area contributed by atoms with Crippen LogP contribution in [-0.4, -0.2) is 20.7 Å². The van der Waals surface area contributed by atoms with Gasteiger partial charge in [-0.15, -0.1) is 0 Å². The monoisotopic (exact) mass is 246 g/mol. The third-order valence-corrected chi connectivity index (χ3v) is 3.23. The van der Waals surface area contributed by atoms with E-state index in [1.54, 1.807) is 0 Å². The second-order valence-corrected chi connectivity index (χ2v) is 4.79. The molecule has 0 bridgehead atoms. The van der Waals surface area contributed by atoms with Gasteiger partial charge in [0.25, 0.3) is 0 Å². The second-order valence-electron chi connectivity index (χ2n) is 4.79. The Hall–Kier alpha value is -1.55. The summed E-state index contributed by atoms with van der Waals surface area (Å²) >= 11 is 0. The average molecular weight is 246 g/mol. The topological polar surface area (TPSA) is 34.8 Å². The third-order valence-electron chi connectivity index (χ3n) is 3.23. The van der Waals surface area contributed by atoms with Crippen molar-refractivity contribution < 1.29 is 0 Å². The highest BCUT2D eigenvalue weighted by Gasteiger charge is 2.06. The van der Waals surface area contributed by atoms with Gasteiger partial charge in [-0.1, -0.05) is 6.92 Å². The van der Waals surface area contributed by atoms with Crippen LogP contribution in [0.4, 0.5) is 0 Å². The quantitative estimate of drug-likeness (QED) is 0.849. The van der Waals surface area contributed by atoms with Crippen LogP contribution < -0.4 is 5.32 Å². The number of aryl methyl sites for hydroxylation is 1. The van der Waals surface area contributed by atoms with Crippen molar-refractivity contribution in [2.75, 3.05) is 6.54 Å². The summed E-state index contributed by atoms with van der Waals surface area (Å²) in [4.78, 5) is 4.14. The number of hydrogen-bond acceptors (Lipinski definition) is 2. The summed E-state index contributed by atoms with van der Waals surface area (Å²) < 4.78 is 4.26. The van der Waals surface area contributed by atoms with E-state index in [9.17, 15) is 0 Å². The van der Waals surface area contributed by atoms with E-state index in [1.807, 2.05) is 19.6 Å². The fourth-order valence-electron chi connectivity index (χ4n) is 2.02. The predicted molar refractivity (Wildman–Crippen MR) is 73.5 cm³/mol. The molecule has 0 fully saturated rings. The van der Waals surface area contributed by atoms with E-state index in [0.717, 1.165) is 13.1 Å². The zero-order valence-electron chi connectivity index (χ0n) is 11.4. The Morgan fingerprint density at radius 1 is 1.44 bits per heavy atom. The van der Waals surface area contributed by atoms with Crippen molar-refractivity contribution in [1.29, 1.82) is 0 Å². The summed E-state index contributed by atoms with van der Waals surface area (Å²) in [5.74, 6) is 0. The number of imidazole rings is 1. The molecule has 2 rings (SSSR count). The summed E-state index contributed by atoms with van der Waals surface area (Å²) in [5, 5.41) is 3.50. The van der Waals surface area contributed by atoms with Crippen LogP contribution in [0.1, 0.15) is 37.6 Å². The molecule has 98 valence electrons. The van der Waals surface area contributed by atoms with Gasteiger partial charge in [0.05, 0.1) is 18.6 Å². The van der Waals surface area contributed by atoms with Crippen LogP contribution in [0, 0.1) is 0 Å². The standard InChI is InChI=1S/C14H22N4/c1-4-6-16-12(2)13-5-7-18(9-13)10-14-8-15-11-17(14)3/h5,7-9,11-12,16H,4,6,10H2,1-3H3. The van der Waals surface area contributed by atoms with Crippen LogP contribution in [0.25, 0.3) is 0 Å². The highest BCUT2D eigenvalue weighted by Crippen LogP contribution is 2.13. The highest BCUT2D eigenvalue weighted by molar-refractivity contribution is 5.15. The average Bonchev–Trinajstić information content (AvgIpc) is 2.97. The molecule has 18 heavy (non-hydrogen) atoms. The van der Waals surface area contributed by atoms with E-state index in [-0.39, 0.29) is 0 Å². The van der Waals surface area contributed by atoms with E-state index in [4.69, 9.17) is 0 Å². The summed E-state index contributed by atoms with van der Waals surface area (Å²) in [7, 11) is 2.03. The molecule has 1 unspecified atom stereocenters. The number of aromatic nitrogens is 3. The zero-order chi connectivity index (χ0) is 13.0. The summed E-state index contributed by atoms with van der Waals surface area (Å²) in [5.41, 5.74) is 2.55. The third kappa shape index (κ3) is 3.01. The van der Waals surface area contributed by atoms with Crippen molar-refractivity contribution >= 4 is 0 Å². The lowest BCUT2D eigenvalue weighted by molar-refractivity contribution is 0.569. The Labute approximate surface area is 109 Å². The van der Waals surface area contributed by atoms with Crippen molar-refractivity contribution in [1.82, 2.24) is 19.4 Å². The lowest BCUT2D eigenvalue weighted by Gasteiger charge is -2.11. The van der Waals surface area contributed by atoms with Gasteiger partial charge in [0.2, 0.25) is 0 Å². The normalized spacial score (nSPS) is 12.8. The van der Waals surface area contributed by atoms with Crippen molar-refractivity contribution in [3.63, 3.8) is 0 Å². The van der Waals surface area contributed by atoms with Crippen LogP contribution in [0.3, 0.4) is 0 Å². The first-order valence-electron chi connectivity index (χ1n) is 6.55. The van der Waals surface area contributed by atoms with Crippen LogP contribution in [0.5, 0.6) is 0 Å². The molecule has 0 saturated heterocycles. The highest BCUT2D eigenvalue weighted by atomic mass is 15.1. The first-order valence-corrected chi connectivity index (χ1v) is 6.55. The number of nitrogens with zero attached hydrogens (tertiary/aromatic N) is 3. The van der Waals surface area contributed by atoms with E-state index < -0.39 is 0 Å². The van der Waals surface area contributed by atoms with E-state index in [1.165, 1.54) is 17.7 Å². The lowest BCUT2D eigenvalue weighted by atomic mass is 10.2. The van der Waals surface area contributed by atoms with Gasteiger partial charge in [0.1, 0.15) is 0 Å². The Balaban J connectivity index is 2.00. The van der Waals surface area contributed by atoms with Crippen LogP contribution in [-0.2, 0) is 13.6 Å². The summed E-state index contributed by atoms with van der Waals surface area (Å²) in [6.07, 6.45) is 9.26. The van der Waals surface area contributed by atoms with E-state index >= 15 is 0 Å². The maximum Gasteiger partial charge on any atom is 0.0946 e. The maximum absolute atomic E-state index is 4.14. The van der Waals surface area contributed by atoms with Crippen LogP contribution in [0.2, 0.25) is 0 Å². The minimum Gasteiger partial charge on any atom is -0.348 e. The Morgan fingerprint density at radius 3 is 2.94 bits per heavy atom. The molecular formula is C14H22N4. The summed E-state index contributed by atoms with van der Waals surface area (Å²) in [6.45, 7) is 6.33. The molecule has 2 aromatic heterocycles.